The van der Waals surface area contributed by atoms with E-state index in [2.05, 4.69) is 39.3 Å². The molecule has 0 aliphatic rings. The number of nitrogens with two attached hydrogens (primary N) is 1. The summed E-state index contributed by atoms with van der Waals surface area (Å²) in [6, 6.07) is 18.5. The van der Waals surface area contributed by atoms with Crippen LogP contribution in [0.15, 0.2) is 53.0 Å². The summed E-state index contributed by atoms with van der Waals surface area (Å²) in [5, 5.41) is 3.00. The first kappa shape index (κ1) is 15.4. The number of rotatable bonds is 2. The normalized spacial score (nSPS) is 8.89. The van der Waals surface area contributed by atoms with E-state index in [1.54, 1.807) is 0 Å². The van der Waals surface area contributed by atoms with Crippen LogP contribution in [0.25, 0.3) is 0 Å². The summed E-state index contributed by atoms with van der Waals surface area (Å²) < 4.78 is 1.08. The highest BCUT2D eigenvalue weighted by Gasteiger charge is 1.95. The van der Waals surface area contributed by atoms with Crippen LogP contribution in [0.4, 0.5) is 11.4 Å². The van der Waals surface area contributed by atoms with Gasteiger partial charge in [0.2, 0.25) is 0 Å². The first-order valence-electron chi connectivity index (χ1n) is 5.59. The average Bonchev–Trinajstić information content (AvgIpc) is 2.38. The highest BCUT2D eigenvalue weighted by Crippen LogP contribution is 2.17. The molecule has 4 heteroatoms. The molecule has 0 bridgehead atoms. The summed E-state index contributed by atoms with van der Waals surface area (Å²) in [5.41, 5.74) is 8.52. The molecule has 0 atom stereocenters. The molecule has 0 saturated heterocycles. The van der Waals surface area contributed by atoms with Crippen molar-refractivity contribution in [2.45, 2.75) is 6.42 Å². The van der Waals surface area contributed by atoms with Gasteiger partial charge in [-0.2, -0.15) is 0 Å². The van der Waals surface area contributed by atoms with Crippen LogP contribution in [0, 0.1) is 12.0 Å². The molecule has 98 valence electrons. The Labute approximate surface area is 127 Å². The van der Waals surface area contributed by atoms with E-state index >= 15 is 0 Å². The fraction of sp³-hybridized carbons (Fsp3) is 0.0667. The van der Waals surface area contributed by atoms with Crippen LogP contribution in [0.3, 0.4) is 0 Å². The third kappa shape index (κ3) is 4.51. The summed E-state index contributed by atoms with van der Waals surface area (Å²) in [4.78, 5) is 0. The predicted molar refractivity (Wildman–Crippen MR) is 87.3 cm³/mol. The van der Waals surface area contributed by atoms with E-state index in [0.29, 0.717) is 12.1 Å². The SMILES string of the molecule is Cl.Nc1ccccc1NC#CCc1ccccc1Br. The first-order chi connectivity index (χ1) is 8.77. The molecule has 2 aromatic rings. The fourth-order valence-electron chi connectivity index (χ4n) is 1.50. The molecule has 2 aromatic carbocycles. The van der Waals surface area contributed by atoms with Gasteiger partial charge in [-0.15, -0.1) is 12.4 Å². The summed E-state index contributed by atoms with van der Waals surface area (Å²) >= 11 is 3.50. The van der Waals surface area contributed by atoms with Crippen LogP contribution in [0.5, 0.6) is 0 Å². The fourth-order valence-corrected chi connectivity index (χ4v) is 1.93. The number of nitrogens with one attached hydrogen (secondary N) is 1. The van der Waals surface area contributed by atoms with Crippen molar-refractivity contribution in [2.75, 3.05) is 11.1 Å². The number of hydrogen-bond acceptors (Lipinski definition) is 2. The molecule has 0 aliphatic heterocycles. The highest BCUT2D eigenvalue weighted by molar-refractivity contribution is 9.10. The minimum Gasteiger partial charge on any atom is -0.397 e. The molecule has 19 heavy (non-hydrogen) atoms. The van der Waals surface area contributed by atoms with E-state index in [0.717, 1.165) is 10.2 Å². The lowest BCUT2D eigenvalue weighted by atomic mass is 10.2. The number of halogens is 2. The van der Waals surface area contributed by atoms with E-state index in [1.165, 1.54) is 5.56 Å². The molecule has 0 fully saturated rings. The molecule has 2 rings (SSSR count). The Bertz CT molecular complexity index is 551. The van der Waals surface area contributed by atoms with Crippen molar-refractivity contribution in [3.63, 3.8) is 0 Å². The van der Waals surface area contributed by atoms with E-state index in [1.807, 2.05) is 42.5 Å². The summed E-state index contributed by atoms with van der Waals surface area (Å²) in [5.74, 6) is 3.07. The molecule has 0 aliphatic carbocycles. The monoisotopic (exact) mass is 336 g/mol. The zero-order valence-electron chi connectivity index (χ0n) is 10.2. The first-order valence-corrected chi connectivity index (χ1v) is 6.38. The molecule has 3 N–H and O–H groups in total. The highest BCUT2D eigenvalue weighted by atomic mass is 79.9. The second-order valence-corrected chi connectivity index (χ2v) is 4.64. The van der Waals surface area contributed by atoms with Gasteiger partial charge in [0.05, 0.1) is 11.4 Å². The van der Waals surface area contributed by atoms with Gasteiger partial charge in [0.1, 0.15) is 0 Å². The Morgan fingerprint density at radius 1 is 1.05 bits per heavy atom. The van der Waals surface area contributed by atoms with Crippen molar-refractivity contribution in [2.24, 2.45) is 0 Å². The number of para-hydroxylation sites is 2. The Morgan fingerprint density at radius 3 is 2.47 bits per heavy atom. The molecule has 0 unspecified atom stereocenters. The van der Waals surface area contributed by atoms with E-state index in [-0.39, 0.29) is 12.4 Å². The zero-order chi connectivity index (χ0) is 12.8. The predicted octanol–water partition coefficient (Wildman–Crippen LogP) is 4.07. The van der Waals surface area contributed by atoms with Crippen LogP contribution in [0.1, 0.15) is 5.56 Å². The topological polar surface area (TPSA) is 38.0 Å². The van der Waals surface area contributed by atoms with Crippen LogP contribution in [0.2, 0.25) is 0 Å². The molecular weight excluding hydrogens is 324 g/mol. The maximum Gasteiger partial charge on any atom is 0.0689 e. The molecule has 0 saturated carbocycles. The minimum atomic E-state index is 0. The number of nitrogen functional groups attached to an aromatic ring is 1. The summed E-state index contributed by atoms with van der Waals surface area (Å²) in [6.07, 6.45) is 0.696. The lowest BCUT2D eigenvalue weighted by Gasteiger charge is -2.01. The molecule has 2 nitrogen and oxygen atoms in total. The number of hydrogen-bond donors (Lipinski definition) is 2. The maximum absolute atomic E-state index is 5.80. The molecule has 0 heterocycles. The van der Waals surface area contributed by atoms with Crippen molar-refractivity contribution < 1.29 is 0 Å². The molecular formula is C15H14BrClN2. The molecule has 0 spiro atoms. The quantitative estimate of drug-likeness (QED) is 0.492. The summed E-state index contributed by atoms with van der Waals surface area (Å²) in [7, 11) is 0. The minimum absolute atomic E-state index is 0. The number of anilines is 2. The maximum atomic E-state index is 5.80. The number of benzene rings is 2. The molecule has 0 aromatic heterocycles. The third-order valence-electron chi connectivity index (χ3n) is 2.48. The zero-order valence-corrected chi connectivity index (χ0v) is 12.6. The standard InChI is InChI=1S/C15H13BrN2.ClH/c16-13-8-2-1-6-12(13)7-5-11-18-15-10-4-3-9-14(15)17;/h1-4,6,8-10,18H,7,17H2;1H. The molecule has 0 amide bonds. The van der Waals surface area contributed by atoms with Crippen LogP contribution in [-0.4, -0.2) is 0 Å². The van der Waals surface area contributed by atoms with Gasteiger partial charge in [0.15, 0.2) is 0 Å². The molecule has 0 radical (unpaired) electrons. The van der Waals surface area contributed by atoms with Crippen LogP contribution >= 0.6 is 28.3 Å². The van der Waals surface area contributed by atoms with Gasteiger partial charge >= 0.3 is 0 Å². The second-order valence-electron chi connectivity index (χ2n) is 3.78. The van der Waals surface area contributed by atoms with Gasteiger partial charge in [0, 0.05) is 16.9 Å². The second kappa shape index (κ2) is 7.73. The lowest BCUT2D eigenvalue weighted by molar-refractivity contribution is 1.29. The third-order valence-corrected chi connectivity index (χ3v) is 3.26. The Balaban J connectivity index is 0.00000180. The van der Waals surface area contributed by atoms with Gasteiger partial charge < -0.3 is 11.1 Å². The van der Waals surface area contributed by atoms with Crippen LogP contribution < -0.4 is 11.1 Å². The largest absolute Gasteiger partial charge is 0.397 e. The van der Waals surface area contributed by atoms with Crippen LogP contribution in [-0.2, 0) is 6.42 Å². The van der Waals surface area contributed by atoms with Crippen molar-refractivity contribution in [3.8, 4) is 12.0 Å². The van der Waals surface area contributed by atoms with Crippen molar-refractivity contribution in [1.82, 2.24) is 0 Å². The van der Waals surface area contributed by atoms with Gasteiger partial charge in [-0.25, -0.2) is 0 Å². The Kier molecular flexibility index (Phi) is 6.27. The van der Waals surface area contributed by atoms with Gasteiger partial charge in [0.25, 0.3) is 0 Å². The summed E-state index contributed by atoms with van der Waals surface area (Å²) in [6.45, 7) is 0. The van der Waals surface area contributed by atoms with Crippen molar-refractivity contribution >= 4 is 39.7 Å². The van der Waals surface area contributed by atoms with Gasteiger partial charge in [-0.1, -0.05) is 52.2 Å². The Morgan fingerprint density at radius 2 is 1.74 bits per heavy atom. The van der Waals surface area contributed by atoms with E-state index in [9.17, 15) is 0 Å². The smallest absolute Gasteiger partial charge is 0.0689 e. The average molecular weight is 338 g/mol. The van der Waals surface area contributed by atoms with Crippen molar-refractivity contribution in [1.29, 1.82) is 0 Å². The van der Waals surface area contributed by atoms with Gasteiger partial charge in [-0.05, 0) is 23.8 Å². The lowest BCUT2D eigenvalue weighted by Crippen LogP contribution is -1.94. The van der Waals surface area contributed by atoms with E-state index in [4.69, 9.17) is 5.73 Å². The van der Waals surface area contributed by atoms with Crippen molar-refractivity contribution in [3.05, 3.63) is 58.6 Å². The Hall–Kier alpha value is -1.63. The van der Waals surface area contributed by atoms with E-state index < -0.39 is 0 Å². The van der Waals surface area contributed by atoms with Gasteiger partial charge in [-0.3, -0.25) is 0 Å².